The Bertz CT molecular complexity index is 1190. The monoisotopic (exact) mass is 510 g/mol. The molecule has 3 N–H and O–H groups in total. The number of carbonyl (C=O) groups excluding carboxylic acids is 1. The molecule has 0 bridgehead atoms. The maximum Gasteiger partial charge on any atom is 0.258 e. The second-order valence-corrected chi connectivity index (χ2v) is 9.09. The van der Waals surface area contributed by atoms with E-state index in [9.17, 15) is 9.90 Å². The van der Waals surface area contributed by atoms with E-state index in [0.717, 1.165) is 41.9 Å². The molecule has 1 heterocycles. The summed E-state index contributed by atoms with van der Waals surface area (Å²) in [5, 5.41) is 25.5. The van der Waals surface area contributed by atoms with Gasteiger partial charge in [0.2, 0.25) is 11.7 Å². The minimum atomic E-state index is -0.902. The van der Waals surface area contributed by atoms with Crippen LogP contribution >= 0.6 is 0 Å². The Labute approximate surface area is 218 Å². The number of aromatic nitrogens is 2. The number of aliphatic hydroxyl groups excluding tert-OH is 2. The Morgan fingerprint density at radius 2 is 1.81 bits per heavy atom. The molecule has 37 heavy (non-hydrogen) atoms. The van der Waals surface area contributed by atoms with Crippen molar-refractivity contribution in [3.63, 3.8) is 0 Å². The molecule has 3 rings (SSSR count). The molecule has 1 unspecified atom stereocenters. The molecule has 0 aliphatic heterocycles. The zero-order valence-electron chi connectivity index (χ0n) is 22.4. The highest BCUT2D eigenvalue weighted by atomic mass is 16.5. The van der Waals surface area contributed by atoms with Gasteiger partial charge in [-0.05, 0) is 79.9 Å². The average Bonchev–Trinajstić information content (AvgIpc) is 3.40. The van der Waals surface area contributed by atoms with Gasteiger partial charge in [-0.1, -0.05) is 32.0 Å². The molecule has 3 aromatic rings. The summed E-state index contributed by atoms with van der Waals surface area (Å²) < 4.78 is 11.5. The highest BCUT2D eigenvalue weighted by Crippen LogP contribution is 2.31. The smallest absolute Gasteiger partial charge is 0.258 e. The summed E-state index contributed by atoms with van der Waals surface area (Å²) >= 11 is 0. The van der Waals surface area contributed by atoms with Crippen molar-refractivity contribution >= 4 is 5.91 Å². The maximum atomic E-state index is 11.2. The third-order valence-electron chi connectivity index (χ3n) is 6.39. The van der Waals surface area contributed by atoms with Gasteiger partial charge in [0.25, 0.3) is 5.89 Å². The lowest BCUT2D eigenvalue weighted by Crippen LogP contribution is -2.36. The number of carbonyl (C=O) groups is 1. The van der Waals surface area contributed by atoms with Crippen molar-refractivity contribution in [1.82, 2.24) is 20.4 Å². The van der Waals surface area contributed by atoms with Gasteiger partial charge in [0.1, 0.15) is 25.1 Å². The van der Waals surface area contributed by atoms with Crippen LogP contribution in [0.15, 0.2) is 34.9 Å². The Morgan fingerprint density at radius 3 is 2.46 bits per heavy atom. The van der Waals surface area contributed by atoms with Crippen LogP contribution in [0.25, 0.3) is 22.8 Å². The lowest BCUT2D eigenvalue weighted by Gasteiger charge is -2.19. The van der Waals surface area contributed by atoms with Gasteiger partial charge in [-0.15, -0.1) is 0 Å². The summed E-state index contributed by atoms with van der Waals surface area (Å²) in [6, 6.07) is 10.1. The van der Waals surface area contributed by atoms with E-state index in [4.69, 9.17) is 14.4 Å². The van der Waals surface area contributed by atoms with Crippen molar-refractivity contribution < 1.29 is 24.3 Å². The molecule has 2 aromatic carbocycles. The topological polar surface area (TPSA) is 121 Å². The van der Waals surface area contributed by atoms with Gasteiger partial charge < -0.3 is 24.8 Å². The highest BCUT2D eigenvalue weighted by Gasteiger charge is 2.17. The highest BCUT2D eigenvalue weighted by molar-refractivity contribution is 5.76. The number of aliphatic hydroxyl groups is 2. The third kappa shape index (κ3) is 7.38. The van der Waals surface area contributed by atoms with Crippen molar-refractivity contribution in [3.05, 3.63) is 52.6 Å². The first kappa shape index (κ1) is 28.3. The van der Waals surface area contributed by atoms with Crippen molar-refractivity contribution in [1.29, 1.82) is 0 Å². The normalized spacial score (nSPS) is 12.1. The summed E-state index contributed by atoms with van der Waals surface area (Å²) in [5.74, 6) is 1.11. The number of amides is 1. The van der Waals surface area contributed by atoms with Gasteiger partial charge in [0.05, 0.1) is 0 Å². The number of ether oxygens (including phenoxy) is 1. The second-order valence-electron chi connectivity index (χ2n) is 9.09. The number of hydrogen-bond acceptors (Lipinski definition) is 8. The predicted octanol–water partition coefficient (Wildman–Crippen LogP) is 3.27. The second kappa shape index (κ2) is 13.3. The van der Waals surface area contributed by atoms with E-state index in [2.05, 4.69) is 53.3 Å². The molecular weight excluding hydrogens is 472 g/mol. The molecule has 9 heteroatoms. The van der Waals surface area contributed by atoms with Crippen LogP contribution in [0.4, 0.5) is 0 Å². The van der Waals surface area contributed by atoms with Gasteiger partial charge in [-0.3, -0.25) is 9.69 Å². The first-order valence-corrected chi connectivity index (χ1v) is 12.8. The molecule has 1 amide bonds. The molecule has 0 radical (unpaired) electrons. The number of rotatable bonds is 13. The molecule has 0 spiro atoms. The van der Waals surface area contributed by atoms with Crippen LogP contribution in [-0.4, -0.2) is 70.1 Å². The predicted molar refractivity (Wildman–Crippen MR) is 142 cm³/mol. The number of benzene rings is 2. The molecule has 0 aliphatic carbocycles. The summed E-state index contributed by atoms with van der Waals surface area (Å²) in [6.07, 6.45) is -0.194. The van der Waals surface area contributed by atoms with Crippen LogP contribution in [0.3, 0.4) is 0 Å². The standard InChI is InChI=1S/C28H38N4O5/c1-6-20-13-23(12-19(5)26(20)36-17-24(34)14-29-25(35)16-33)27-30-28(37-31-27)21-9-10-22(18(4)11-21)15-32(7-2)8-3/h9-13,24,33-34H,6-8,14-17H2,1-5H3,(H,29,35). The minimum absolute atomic E-state index is 0.000460. The fourth-order valence-electron chi connectivity index (χ4n) is 4.12. The SMILES string of the molecule is CCc1cc(-c2noc(-c3ccc(CN(CC)CC)c(C)c3)n2)cc(C)c1OCC(O)CNC(=O)CO. The van der Waals surface area contributed by atoms with Crippen LogP contribution in [0.5, 0.6) is 5.75 Å². The van der Waals surface area contributed by atoms with Crippen molar-refractivity contribution in [2.45, 2.75) is 53.7 Å². The quantitative estimate of drug-likeness (QED) is 0.320. The molecule has 0 fully saturated rings. The van der Waals surface area contributed by atoms with Crippen LogP contribution in [0.2, 0.25) is 0 Å². The van der Waals surface area contributed by atoms with Crippen molar-refractivity contribution in [2.24, 2.45) is 0 Å². The average molecular weight is 511 g/mol. The summed E-state index contributed by atoms with van der Waals surface area (Å²) in [5.41, 5.74) is 6.00. The Balaban J connectivity index is 1.75. The fourth-order valence-corrected chi connectivity index (χ4v) is 4.12. The van der Waals surface area contributed by atoms with E-state index >= 15 is 0 Å². The summed E-state index contributed by atoms with van der Waals surface area (Å²) in [4.78, 5) is 18.2. The molecule has 1 atom stereocenters. The summed E-state index contributed by atoms with van der Waals surface area (Å²) in [7, 11) is 0. The molecule has 0 saturated carbocycles. The van der Waals surface area contributed by atoms with E-state index < -0.39 is 18.6 Å². The van der Waals surface area contributed by atoms with E-state index in [1.54, 1.807) is 0 Å². The minimum Gasteiger partial charge on any atom is -0.490 e. The van der Waals surface area contributed by atoms with Crippen molar-refractivity contribution in [3.8, 4) is 28.6 Å². The molecule has 1 aromatic heterocycles. The van der Waals surface area contributed by atoms with Crippen molar-refractivity contribution in [2.75, 3.05) is 32.8 Å². The van der Waals surface area contributed by atoms with Gasteiger partial charge in [-0.2, -0.15) is 4.98 Å². The van der Waals surface area contributed by atoms with Gasteiger partial charge in [0, 0.05) is 24.2 Å². The molecule has 200 valence electrons. The van der Waals surface area contributed by atoms with Crippen LogP contribution < -0.4 is 10.1 Å². The Hall–Kier alpha value is -3.27. The lowest BCUT2D eigenvalue weighted by atomic mass is 10.0. The van der Waals surface area contributed by atoms with Crippen LogP contribution in [-0.2, 0) is 17.8 Å². The molecule has 0 aliphatic rings. The van der Waals surface area contributed by atoms with E-state index in [-0.39, 0.29) is 13.2 Å². The lowest BCUT2D eigenvalue weighted by molar-refractivity contribution is -0.124. The third-order valence-corrected chi connectivity index (χ3v) is 6.39. The fraction of sp³-hybridized carbons (Fsp3) is 0.464. The van der Waals surface area contributed by atoms with E-state index in [0.29, 0.717) is 23.9 Å². The van der Waals surface area contributed by atoms with E-state index in [1.165, 1.54) is 11.1 Å². The molecule has 0 saturated heterocycles. The summed E-state index contributed by atoms with van der Waals surface area (Å²) in [6.45, 7) is 12.7. The van der Waals surface area contributed by atoms with Crippen LogP contribution in [0, 0.1) is 13.8 Å². The molecule has 9 nitrogen and oxygen atoms in total. The maximum absolute atomic E-state index is 11.2. The number of nitrogens with zero attached hydrogens (tertiary/aromatic N) is 3. The largest absolute Gasteiger partial charge is 0.490 e. The van der Waals surface area contributed by atoms with Gasteiger partial charge in [-0.25, -0.2) is 0 Å². The zero-order chi connectivity index (χ0) is 26.9. The Kier molecular flexibility index (Phi) is 10.2. The van der Waals surface area contributed by atoms with Crippen LogP contribution in [0.1, 0.15) is 43.0 Å². The first-order chi connectivity index (χ1) is 17.8. The number of hydrogen-bond donors (Lipinski definition) is 3. The van der Waals surface area contributed by atoms with Gasteiger partial charge >= 0.3 is 0 Å². The first-order valence-electron chi connectivity index (χ1n) is 12.8. The van der Waals surface area contributed by atoms with Gasteiger partial charge in [0.15, 0.2) is 0 Å². The molecular formula is C28H38N4O5. The number of nitrogens with one attached hydrogen (secondary N) is 1. The Morgan fingerprint density at radius 1 is 1.08 bits per heavy atom. The van der Waals surface area contributed by atoms with E-state index in [1.807, 2.05) is 32.0 Å². The number of aryl methyl sites for hydroxylation is 3. The zero-order valence-corrected chi connectivity index (χ0v) is 22.4.